The number of sulfone groups is 1. The number of H-pyrrole nitrogens is 1. The first-order valence-electron chi connectivity index (χ1n) is 12.7. The van der Waals surface area contributed by atoms with Gasteiger partial charge in [-0.25, -0.2) is 8.42 Å². The Kier molecular flexibility index (Phi) is 7.64. The standard InChI is InChI=1S/C29H27ClN4O5S/c1-40(38,39)22-6-4-5-18(15-22)27(33-28(36)19-8-13-23-24(30)17-31-25(23)16-19)29(37)32-20-9-11-21(12-10-20)34-14-3-2-7-26(34)35/h4-6,8-13,15-17,27,31H,2-3,7,14H2,1H3,(H,32,37)(H,33,36). The monoisotopic (exact) mass is 578 g/mol. The molecule has 9 nitrogen and oxygen atoms in total. The zero-order chi connectivity index (χ0) is 28.4. The number of anilines is 2. The lowest BCUT2D eigenvalue weighted by atomic mass is 10.0. The third-order valence-corrected chi connectivity index (χ3v) is 8.24. The molecule has 0 bridgehead atoms. The van der Waals surface area contributed by atoms with Crippen molar-refractivity contribution in [3.05, 3.63) is 89.1 Å². The van der Waals surface area contributed by atoms with E-state index in [0.717, 1.165) is 30.2 Å². The average Bonchev–Trinajstić information content (AvgIpc) is 3.31. The summed E-state index contributed by atoms with van der Waals surface area (Å²) in [5.74, 6) is -1.03. The van der Waals surface area contributed by atoms with Crippen LogP contribution >= 0.6 is 11.6 Å². The number of rotatable bonds is 7. The van der Waals surface area contributed by atoms with Gasteiger partial charge in [0, 0.05) is 53.3 Å². The molecule has 5 rings (SSSR count). The first-order valence-corrected chi connectivity index (χ1v) is 15.0. The van der Waals surface area contributed by atoms with E-state index in [0.29, 0.717) is 40.3 Å². The molecule has 11 heteroatoms. The van der Waals surface area contributed by atoms with E-state index in [9.17, 15) is 22.8 Å². The Morgan fingerprint density at radius 3 is 2.52 bits per heavy atom. The quantitative estimate of drug-likeness (QED) is 0.289. The van der Waals surface area contributed by atoms with Crippen LogP contribution < -0.4 is 15.5 Å². The highest BCUT2D eigenvalue weighted by atomic mass is 35.5. The lowest BCUT2D eigenvalue weighted by Gasteiger charge is -2.27. The first kappa shape index (κ1) is 27.4. The maximum atomic E-state index is 13.5. The van der Waals surface area contributed by atoms with Crippen LogP contribution in [-0.2, 0) is 19.4 Å². The van der Waals surface area contributed by atoms with Gasteiger partial charge in [0.1, 0.15) is 6.04 Å². The zero-order valence-electron chi connectivity index (χ0n) is 21.6. The molecule has 1 aromatic heterocycles. The fraction of sp³-hybridized carbons (Fsp3) is 0.207. The fourth-order valence-corrected chi connectivity index (χ4v) is 5.58. The topological polar surface area (TPSA) is 128 Å². The number of aromatic amines is 1. The van der Waals surface area contributed by atoms with Crippen LogP contribution in [0.2, 0.25) is 5.02 Å². The predicted molar refractivity (Wildman–Crippen MR) is 154 cm³/mol. The van der Waals surface area contributed by atoms with Gasteiger partial charge >= 0.3 is 0 Å². The number of piperidine rings is 1. The van der Waals surface area contributed by atoms with E-state index in [-0.39, 0.29) is 10.8 Å². The number of carbonyl (C=O) groups excluding carboxylic acids is 3. The Morgan fingerprint density at radius 1 is 1.02 bits per heavy atom. The number of fused-ring (bicyclic) bond motifs is 1. The van der Waals surface area contributed by atoms with Crippen LogP contribution in [0.25, 0.3) is 10.9 Å². The van der Waals surface area contributed by atoms with Crippen LogP contribution in [0, 0.1) is 0 Å². The molecule has 0 spiro atoms. The smallest absolute Gasteiger partial charge is 0.252 e. The van der Waals surface area contributed by atoms with Gasteiger partial charge in [0.15, 0.2) is 9.84 Å². The molecule has 206 valence electrons. The summed E-state index contributed by atoms with van der Waals surface area (Å²) in [4.78, 5) is 43.8. The van der Waals surface area contributed by atoms with E-state index in [1.165, 1.54) is 18.2 Å². The summed E-state index contributed by atoms with van der Waals surface area (Å²) in [6.07, 6.45) is 5.01. The summed E-state index contributed by atoms with van der Waals surface area (Å²) in [6.45, 7) is 0.649. The number of nitrogens with one attached hydrogen (secondary N) is 3. The number of hydrogen-bond acceptors (Lipinski definition) is 5. The van der Waals surface area contributed by atoms with E-state index < -0.39 is 27.7 Å². The van der Waals surface area contributed by atoms with Crippen LogP contribution in [0.1, 0.15) is 41.2 Å². The van der Waals surface area contributed by atoms with Crippen molar-refractivity contribution in [2.45, 2.75) is 30.2 Å². The number of nitrogens with zero attached hydrogens (tertiary/aromatic N) is 1. The fourth-order valence-electron chi connectivity index (χ4n) is 4.69. The van der Waals surface area contributed by atoms with Crippen LogP contribution in [0.15, 0.2) is 77.8 Å². The summed E-state index contributed by atoms with van der Waals surface area (Å²) < 4.78 is 24.4. The van der Waals surface area contributed by atoms with Crippen molar-refractivity contribution in [1.29, 1.82) is 0 Å². The second-order valence-corrected chi connectivity index (χ2v) is 12.1. The normalized spacial score (nSPS) is 14.7. The molecule has 1 unspecified atom stereocenters. The molecule has 3 amide bonds. The summed E-state index contributed by atoms with van der Waals surface area (Å²) in [6, 6.07) is 16.5. The molecular formula is C29H27ClN4O5S. The van der Waals surface area contributed by atoms with Gasteiger partial charge in [-0.2, -0.15) is 0 Å². The Morgan fingerprint density at radius 2 is 1.80 bits per heavy atom. The van der Waals surface area contributed by atoms with E-state index in [2.05, 4.69) is 15.6 Å². The average molecular weight is 579 g/mol. The first-order chi connectivity index (χ1) is 19.1. The molecule has 3 aromatic carbocycles. The van der Waals surface area contributed by atoms with E-state index >= 15 is 0 Å². The Balaban J connectivity index is 1.41. The van der Waals surface area contributed by atoms with Crippen molar-refractivity contribution in [3.8, 4) is 0 Å². The highest BCUT2D eigenvalue weighted by Gasteiger charge is 2.26. The van der Waals surface area contributed by atoms with Gasteiger partial charge in [0.2, 0.25) is 5.91 Å². The number of aromatic nitrogens is 1. The number of carbonyl (C=O) groups is 3. The molecule has 0 aliphatic carbocycles. The maximum absolute atomic E-state index is 13.5. The van der Waals surface area contributed by atoms with Crippen LogP contribution in [0.3, 0.4) is 0 Å². The Hall–Kier alpha value is -4.15. The van der Waals surface area contributed by atoms with Crippen molar-refractivity contribution in [2.75, 3.05) is 23.0 Å². The van der Waals surface area contributed by atoms with Gasteiger partial charge < -0.3 is 20.5 Å². The number of halogens is 1. The minimum atomic E-state index is -3.56. The number of benzene rings is 3. The maximum Gasteiger partial charge on any atom is 0.252 e. The molecule has 1 atom stereocenters. The highest BCUT2D eigenvalue weighted by molar-refractivity contribution is 7.90. The lowest BCUT2D eigenvalue weighted by Crippen LogP contribution is -2.37. The number of hydrogen-bond donors (Lipinski definition) is 3. The van der Waals surface area contributed by atoms with Crippen LogP contribution in [0.4, 0.5) is 11.4 Å². The molecule has 1 saturated heterocycles. The van der Waals surface area contributed by atoms with Gasteiger partial charge in [-0.15, -0.1) is 0 Å². The second-order valence-electron chi connectivity index (χ2n) is 9.69. The summed E-state index contributed by atoms with van der Waals surface area (Å²) >= 11 is 6.15. The van der Waals surface area contributed by atoms with Crippen molar-refractivity contribution < 1.29 is 22.8 Å². The van der Waals surface area contributed by atoms with E-state index in [1.807, 2.05) is 0 Å². The van der Waals surface area contributed by atoms with Crippen molar-refractivity contribution in [3.63, 3.8) is 0 Å². The van der Waals surface area contributed by atoms with Gasteiger partial charge in [0.05, 0.1) is 9.92 Å². The minimum absolute atomic E-state index is 0.0232. The molecule has 4 aromatic rings. The predicted octanol–water partition coefficient (Wildman–Crippen LogP) is 4.85. The molecule has 1 fully saturated rings. The van der Waals surface area contributed by atoms with E-state index in [4.69, 9.17) is 11.6 Å². The van der Waals surface area contributed by atoms with Gasteiger partial charge in [-0.1, -0.05) is 29.8 Å². The lowest BCUT2D eigenvalue weighted by molar-refractivity contribution is -0.119. The summed E-state index contributed by atoms with van der Waals surface area (Å²) in [5.41, 5.74) is 2.45. The van der Waals surface area contributed by atoms with Crippen molar-refractivity contribution >= 4 is 61.4 Å². The Labute approximate surface area is 236 Å². The molecule has 1 aliphatic rings. The largest absolute Gasteiger partial charge is 0.360 e. The number of amides is 3. The minimum Gasteiger partial charge on any atom is -0.360 e. The SMILES string of the molecule is CS(=O)(=O)c1cccc(C(NC(=O)c2ccc3c(Cl)c[nH]c3c2)C(=O)Nc2ccc(N3CCCCC3=O)cc2)c1. The zero-order valence-corrected chi connectivity index (χ0v) is 23.2. The van der Waals surface area contributed by atoms with Crippen LogP contribution in [-0.4, -0.2) is 43.9 Å². The molecule has 3 N–H and O–H groups in total. The second kappa shape index (κ2) is 11.1. The van der Waals surface area contributed by atoms with Gasteiger partial charge in [-0.05, 0) is 66.9 Å². The van der Waals surface area contributed by atoms with Crippen molar-refractivity contribution in [2.24, 2.45) is 0 Å². The third kappa shape index (κ3) is 5.88. The Bertz CT molecular complexity index is 1720. The molecule has 1 aliphatic heterocycles. The molecule has 0 radical (unpaired) electrons. The molecule has 0 saturated carbocycles. The van der Waals surface area contributed by atoms with E-state index in [1.54, 1.807) is 59.6 Å². The van der Waals surface area contributed by atoms with Gasteiger partial charge in [0.25, 0.3) is 11.8 Å². The summed E-state index contributed by atoms with van der Waals surface area (Å²) in [5, 5.41) is 6.82. The highest BCUT2D eigenvalue weighted by Crippen LogP contribution is 2.26. The molecule has 40 heavy (non-hydrogen) atoms. The third-order valence-electron chi connectivity index (χ3n) is 6.82. The molecule has 2 heterocycles. The summed E-state index contributed by atoms with van der Waals surface area (Å²) in [7, 11) is -3.56. The molecular weight excluding hydrogens is 552 g/mol. The van der Waals surface area contributed by atoms with Gasteiger partial charge in [-0.3, -0.25) is 14.4 Å². The van der Waals surface area contributed by atoms with Crippen LogP contribution in [0.5, 0.6) is 0 Å². The van der Waals surface area contributed by atoms with Crippen molar-refractivity contribution in [1.82, 2.24) is 10.3 Å².